The summed E-state index contributed by atoms with van der Waals surface area (Å²) in [4.78, 5) is 16.4. The van der Waals surface area contributed by atoms with Gasteiger partial charge in [0.25, 0.3) is 5.91 Å². The first-order valence-electron chi connectivity index (χ1n) is 6.96. The van der Waals surface area contributed by atoms with E-state index in [1.54, 1.807) is 6.07 Å². The van der Waals surface area contributed by atoms with Crippen molar-refractivity contribution in [2.24, 2.45) is 5.92 Å². The molecule has 0 radical (unpaired) electrons. The third kappa shape index (κ3) is 4.28. The van der Waals surface area contributed by atoms with Crippen LogP contribution in [0.5, 0.6) is 0 Å². The van der Waals surface area contributed by atoms with Crippen LogP contribution in [-0.2, 0) is 0 Å². The van der Waals surface area contributed by atoms with Crippen LogP contribution in [0.25, 0.3) is 0 Å². The van der Waals surface area contributed by atoms with Gasteiger partial charge in [0.15, 0.2) is 0 Å². The molecule has 6 heteroatoms. The van der Waals surface area contributed by atoms with E-state index >= 15 is 0 Å². The number of carbonyl (C=O) groups excluding carboxylic acids is 1. The molecule has 0 aromatic carbocycles. The van der Waals surface area contributed by atoms with E-state index in [1.807, 2.05) is 11.8 Å². The Balaban J connectivity index is 1.96. The van der Waals surface area contributed by atoms with Gasteiger partial charge in [0.05, 0.1) is 10.6 Å². The Kier molecular flexibility index (Phi) is 5.98. The third-order valence-electron chi connectivity index (χ3n) is 3.23. The van der Waals surface area contributed by atoms with Crippen LogP contribution in [0.2, 0.25) is 5.02 Å². The zero-order valence-electron chi connectivity index (χ0n) is 11.6. The average molecular weight is 314 g/mol. The van der Waals surface area contributed by atoms with E-state index < -0.39 is 0 Å². The molecule has 1 unspecified atom stereocenters. The molecule has 4 nitrogen and oxygen atoms in total. The molecule has 0 bridgehead atoms. The zero-order chi connectivity index (χ0) is 14.4. The van der Waals surface area contributed by atoms with Crippen molar-refractivity contribution in [2.45, 2.75) is 19.8 Å². The molecule has 1 atom stereocenters. The standard InChI is InChI=1S/C14H20ClN3OS/c1-2-4-16-13-6-11(12(15)8-17-13)14(19)18-7-10-3-5-20-9-10/h6,8,10H,2-5,7,9H2,1H3,(H,16,17)(H,18,19). The minimum absolute atomic E-state index is 0.117. The minimum atomic E-state index is -0.117. The molecule has 2 rings (SSSR count). The molecule has 0 saturated carbocycles. The maximum Gasteiger partial charge on any atom is 0.253 e. The van der Waals surface area contributed by atoms with Crippen molar-refractivity contribution in [1.82, 2.24) is 10.3 Å². The Morgan fingerprint density at radius 1 is 1.60 bits per heavy atom. The molecular formula is C14H20ClN3OS. The van der Waals surface area contributed by atoms with Gasteiger partial charge in [0.1, 0.15) is 5.82 Å². The third-order valence-corrected chi connectivity index (χ3v) is 4.76. The fourth-order valence-corrected chi connectivity index (χ4v) is 3.51. The van der Waals surface area contributed by atoms with Crippen molar-refractivity contribution >= 4 is 35.1 Å². The predicted octanol–water partition coefficient (Wildman–Crippen LogP) is 3.04. The summed E-state index contributed by atoms with van der Waals surface area (Å²) >= 11 is 8.01. The van der Waals surface area contributed by atoms with E-state index in [4.69, 9.17) is 11.6 Å². The molecular weight excluding hydrogens is 294 g/mol. The van der Waals surface area contributed by atoms with E-state index in [0.717, 1.165) is 25.3 Å². The Morgan fingerprint density at radius 3 is 3.15 bits per heavy atom. The van der Waals surface area contributed by atoms with Gasteiger partial charge in [-0.15, -0.1) is 0 Å². The van der Waals surface area contributed by atoms with Gasteiger partial charge >= 0.3 is 0 Å². The van der Waals surface area contributed by atoms with Crippen molar-refractivity contribution in [3.63, 3.8) is 0 Å². The average Bonchev–Trinajstić information content (AvgIpc) is 2.97. The number of hydrogen-bond donors (Lipinski definition) is 2. The van der Waals surface area contributed by atoms with Crippen molar-refractivity contribution in [3.05, 3.63) is 22.8 Å². The first-order chi connectivity index (χ1) is 9.70. The second-order valence-electron chi connectivity index (χ2n) is 4.92. The first-order valence-corrected chi connectivity index (χ1v) is 8.49. The molecule has 20 heavy (non-hydrogen) atoms. The summed E-state index contributed by atoms with van der Waals surface area (Å²) in [5.74, 6) is 3.49. The van der Waals surface area contributed by atoms with Gasteiger partial charge in [-0.2, -0.15) is 11.8 Å². The lowest BCUT2D eigenvalue weighted by Gasteiger charge is -2.12. The van der Waals surface area contributed by atoms with Crippen molar-refractivity contribution in [3.8, 4) is 0 Å². The highest BCUT2D eigenvalue weighted by molar-refractivity contribution is 7.99. The number of pyridine rings is 1. The van der Waals surface area contributed by atoms with Gasteiger partial charge in [-0.05, 0) is 36.3 Å². The number of rotatable bonds is 6. The van der Waals surface area contributed by atoms with Gasteiger partial charge in [-0.1, -0.05) is 18.5 Å². The first kappa shape index (κ1) is 15.4. The van der Waals surface area contributed by atoms with Crippen LogP contribution in [0.1, 0.15) is 30.1 Å². The van der Waals surface area contributed by atoms with Gasteiger partial charge in [0, 0.05) is 19.3 Å². The molecule has 1 aromatic rings. The number of aromatic nitrogens is 1. The summed E-state index contributed by atoms with van der Waals surface area (Å²) in [7, 11) is 0. The van der Waals surface area contributed by atoms with E-state index in [2.05, 4.69) is 22.5 Å². The molecule has 1 fully saturated rings. The highest BCUT2D eigenvalue weighted by Gasteiger charge is 2.18. The number of amides is 1. The van der Waals surface area contributed by atoms with E-state index in [1.165, 1.54) is 18.4 Å². The molecule has 2 N–H and O–H groups in total. The molecule has 1 aromatic heterocycles. The van der Waals surface area contributed by atoms with Crippen molar-refractivity contribution in [1.29, 1.82) is 0 Å². The van der Waals surface area contributed by atoms with Crippen molar-refractivity contribution in [2.75, 3.05) is 29.9 Å². The highest BCUT2D eigenvalue weighted by Crippen LogP contribution is 2.23. The largest absolute Gasteiger partial charge is 0.370 e. The van der Waals surface area contributed by atoms with Crippen LogP contribution in [0, 0.1) is 5.92 Å². The number of anilines is 1. The smallest absolute Gasteiger partial charge is 0.253 e. The van der Waals surface area contributed by atoms with Crippen LogP contribution in [-0.4, -0.2) is 35.5 Å². The summed E-state index contributed by atoms with van der Waals surface area (Å²) in [5, 5.41) is 6.53. The van der Waals surface area contributed by atoms with Gasteiger partial charge in [0.2, 0.25) is 0 Å². The monoisotopic (exact) mass is 313 g/mol. The van der Waals surface area contributed by atoms with Gasteiger partial charge in [-0.3, -0.25) is 4.79 Å². The molecule has 110 valence electrons. The Bertz CT molecular complexity index is 464. The van der Waals surface area contributed by atoms with Gasteiger partial charge in [-0.25, -0.2) is 4.98 Å². The number of carbonyl (C=O) groups is 1. The molecule has 1 amide bonds. The summed E-state index contributed by atoms with van der Waals surface area (Å²) in [6, 6.07) is 1.72. The highest BCUT2D eigenvalue weighted by atomic mass is 35.5. The lowest BCUT2D eigenvalue weighted by molar-refractivity contribution is 0.0948. The fourth-order valence-electron chi connectivity index (χ4n) is 2.04. The van der Waals surface area contributed by atoms with Crippen LogP contribution < -0.4 is 10.6 Å². The predicted molar refractivity (Wildman–Crippen MR) is 85.8 cm³/mol. The van der Waals surface area contributed by atoms with Crippen molar-refractivity contribution < 1.29 is 4.79 Å². The maximum atomic E-state index is 12.2. The van der Waals surface area contributed by atoms with Gasteiger partial charge < -0.3 is 10.6 Å². The second-order valence-corrected chi connectivity index (χ2v) is 6.47. The van der Waals surface area contributed by atoms with E-state index in [-0.39, 0.29) is 5.91 Å². The Hall–Kier alpha value is -0.940. The topological polar surface area (TPSA) is 54.0 Å². The fraction of sp³-hybridized carbons (Fsp3) is 0.571. The molecule has 1 aliphatic rings. The molecule has 1 saturated heterocycles. The Labute approximate surface area is 129 Å². The summed E-state index contributed by atoms with van der Waals surface area (Å²) in [6.45, 7) is 3.63. The number of nitrogens with zero attached hydrogens (tertiary/aromatic N) is 1. The second kappa shape index (κ2) is 7.74. The molecule has 0 spiro atoms. The number of halogens is 1. The molecule has 1 aliphatic heterocycles. The SMILES string of the molecule is CCCNc1cc(C(=O)NCC2CCSC2)c(Cl)cn1. The van der Waals surface area contributed by atoms with Crippen LogP contribution >= 0.6 is 23.4 Å². The Morgan fingerprint density at radius 2 is 2.45 bits per heavy atom. The lowest BCUT2D eigenvalue weighted by Crippen LogP contribution is -2.29. The summed E-state index contributed by atoms with van der Waals surface area (Å²) in [6.07, 6.45) is 3.71. The molecule has 2 heterocycles. The number of nitrogens with one attached hydrogen (secondary N) is 2. The number of hydrogen-bond acceptors (Lipinski definition) is 4. The summed E-state index contributed by atoms with van der Waals surface area (Å²) in [5.41, 5.74) is 0.492. The van der Waals surface area contributed by atoms with Crippen LogP contribution in [0.15, 0.2) is 12.3 Å². The van der Waals surface area contributed by atoms with Crippen LogP contribution in [0.3, 0.4) is 0 Å². The number of thioether (sulfide) groups is 1. The quantitative estimate of drug-likeness (QED) is 0.847. The minimum Gasteiger partial charge on any atom is -0.370 e. The summed E-state index contributed by atoms with van der Waals surface area (Å²) < 4.78 is 0. The maximum absolute atomic E-state index is 12.2. The van der Waals surface area contributed by atoms with E-state index in [9.17, 15) is 4.79 Å². The normalized spacial score (nSPS) is 18.0. The zero-order valence-corrected chi connectivity index (χ0v) is 13.2. The lowest BCUT2D eigenvalue weighted by atomic mass is 10.1. The molecule has 0 aliphatic carbocycles. The van der Waals surface area contributed by atoms with E-state index in [0.29, 0.717) is 22.3 Å². The van der Waals surface area contributed by atoms with Crippen LogP contribution in [0.4, 0.5) is 5.82 Å².